The van der Waals surface area contributed by atoms with E-state index in [1.165, 1.54) is 44.7 Å². The van der Waals surface area contributed by atoms with Crippen LogP contribution in [-0.2, 0) is 5.79 Å². The first kappa shape index (κ1) is 20.5. The van der Waals surface area contributed by atoms with Gasteiger partial charge in [0, 0.05) is 62.8 Å². The molecule has 0 aromatic heterocycles. The molecule has 0 saturated carbocycles. The van der Waals surface area contributed by atoms with Gasteiger partial charge in [-0.15, -0.1) is 0 Å². The van der Waals surface area contributed by atoms with Crippen molar-refractivity contribution in [3.8, 4) is 0 Å². The summed E-state index contributed by atoms with van der Waals surface area (Å²) < 4.78 is 0. The molecule has 0 bridgehead atoms. The first-order valence-corrected chi connectivity index (χ1v) is 10.8. The number of aryl methyl sites for hydroxylation is 1. The van der Waals surface area contributed by atoms with Gasteiger partial charge < -0.3 is 20.9 Å². The average Bonchev–Trinajstić information content (AvgIpc) is 2.70. The molecule has 1 unspecified atom stereocenters. The summed E-state index contributed by atoms with van der Waals surface area (Å²) in [5.74, 6) is -0.747. The molecule has 158 valence electrons. The van der Waals surface area contributed by atoms with Gasteiger partial charge in [-0.1, -0.05) is 11.6 Å². The highest BCUT2D eigenvalue weighted by Crippen LogP contribution is 2.35. The Balaban J connectivity index is 1.46. The van der Waals surface area contributed by atoms with Crippen LogP contribution in [-0.4, -0.2) is 68.0 Å². The van der Waals surface area contributed by atoms with E-state index in [1.54, 1.807) is 12.3 Å². The number of likely N-dealkylation sites (N-methyl/N-ethyl adjacent to an activating group) is 1. The molecule has 3 aliphatic rings. The zero-order chi connectivity index (χ0) is 20.6. The zero-order valence-corrected chi connectivity index (χ0v) is 18.1. The number of piperidine rings is 1. The van der Waals surface area contributed by atoms with Crippen molar-refractivity contribution >= 4 is 23.1 Å². The van der Waals surface area contributed by atoms with Crippen molar-refractivity contribution in [2.45, 2.75) is 31.6 Å². The van der Waals surface area contributed by atoms with E-state index in [0.717, 1.165) is 24.2 Å². The largest absolute Gasteiger partial charge is 0.384 e. The lowest BCUT2D eigenvalue weighted by Crippen LogP contribution is -2.52. The molecule has 0 amide bonds. The summed E-state index contributed by atoms with van der Waals surface area (Å²) in [5, 5.41) is 3.68. The maximum absolute atomic E-state index is 6.66. The number of anilines is 1. The highest BCUT2D eigenvalue weighted by Gasteiger charge is 2.32. The Hall–Kier alpha value is -1.80. The van der Waals surface area contributed by atoms with Crippen molar-refractivity contribution in [3.05, 3.63) is 40.6 Å². The summed E-state index contributed by atoms with van der Waals surface area (Å²) >= 11 is 6.66. The van der Waals surface area contributed by atoms with Gasteiger partial charge in [0.25, 0.3) is 0 Å². The van der Waals surface area contributed by atoms with Gasteiger partial charge in [-0.25, -0.2) is 4.99 Å². The highest BCUT2D eigenvalue weighted by atomic mass is 35.5. The molecule has 2 fully saturated rings. The Bertz CT molecular complexity index is 807. The predicted octanol–water partition coefficient (Wildman–Crippen LogP) is 1.41. The minimum absolute atomic E-state index is 0.384. The minimum atomic E-state index is -1.13. The first-order valence-electron chi connectivity index (χ1n) is 10.4. The van der Waals surface area contributed by atoms with E-state index in [-0.39, 0.29) is 0 Å². The van der Waals surface area contributed by atoms with Crippen molar-refractivity contribution < 1.29 is 0 Å². The molecular formula is C21H32ClN7. The van der Waals surface area contributed by atoms with Gasteiger partial charge in [0.2, 0.25) is 5.79 Å². The molecule has 3 aliphatic heterocycles. The van der Waals surface area contributed by atoms with Crippen LogP contribution in [0, 0.1) is 6.92 Å². The molecule has 29 heavy (non-hydrogen) atoms. The van der Waals surface area contributed by atoms with E-state index in [2.05, 4.69) is 39.0 Å². The Morgan fingerprint density at radius 1 is 1.14 bits per heavy atom. The minimum Gasteiger partial charge on any atom is -0.384 e. The summed E-state index contributed by atoms with van der Waals surface area (Å²) in [6.07, 6.45) is 5.78. The van der Waals surface area contributed by atoms with Gasteiger partial charge in [-0.3, -0.25) is 10.6 Å². The number of piperazine rings is 1. The molecule has 0 radical (unpaired) electrons. The van der Waals surface area contributed by atoms with Crippen molar-refractivity contribution in [2.24, 2.45) is 16.5 Å². The van der Waals surface area contributed by atoms with Crippen molar-refractivity contribution in [1.29, 1.82) is 0 Å². The summed E-state index contributed by atoms with van der Waals surface area (Å²) in [7, 11) is 2.21. The number of nitrogens with one attached hydrogen (secondary N) is 1. The van der Waals surface area contributed by atoms with Crippen molar-refractivity contribution in [3.63, 3.8) is 0 Å². The quantitative estimate of drug-likeness (QED) is 0.689. The zero-order valence-electron chi connectivity index (χ0n) is 17.4. The smallest absolute Gasteiger partial charge is 0.212 e. The monoisotopic (exact) mass is 417 g/mol. The molecule has 1 aromatic carbocycles. The SMILES string of the molecule is Cc1cc(C2(N)N=C(N)C=CN2)c(Cl)cc1N1CCC(N2CCN(C)CC2)CC1. The van der Waals surface area contributed by atoms with Crippen LogP contribution in [0.1, 0.15) is 24.0 Å². The molecule has 1 aromatic rings. The van der Waals surface area contributed by atoms with E-state index < -0.39 is 5.79 Å². The average molecular weight is 418 g/mol. The number of amidine groups is 1. The summed E-state index contributed by atoms with van der Waals surface area (Å²) in [6.45, 7) is 8.92. The topological polar surface area (TPSA) is 86.1 Å². The lowest BCUT2D eigenvalue weighted by Gasteiger charge is -2.43. The van der Waals surface area contributed by atoms with Gasteiger partial charge in [-0.05, 0) is 50.6 Å². The number of rotatable bonds is 3. The normalized spacial score (nSPS) is 27.0. The Kier molecular flexibility index (Phi) is 5.75. The molecule has 5 N–H and O–H groups in total. The molecule has 8 heteroatoms. The van der Waals surface area contributed by atoms with Gasteiger partial charge in [0.1, 0.15) is 5.84 Å². The molecule has 0 spiro atoms. The number of nitrogens with two attached hydrogens (primary N) is 2. The summed E-state index contributed by atoms with van der Waals surface area (Å²) in [6, 6.07) is 4.76. The second-order valence-electron chi connectivity index (χ2n) is 8.46. The maximum atomic E-state index is 6.66. The van der Waals surface area contributed by atoms with Crippen molar-refractivity contribution in [1.82, 2.24) is 15.1 Å². The molecule has 1 atom stereocenters. The number of aliphatic imine (C=N–C) groups is 1. The second-order valence-corrected chi connectivity index (χ2v) is 8.86. The fraction of sp³-hybridized carbons (Fsp3) is 0.571. The van der Waals surface area contributed by atoms with E-state index in [1.807, 2.05) is 12.1 Å². The van der Waals surface area contributed by atoms with Gasteiger partial charge in [-0.2, -0.15) is 0 Å². The third-order valence-corrected chi connectivity index (χ3v) is 6.73. The fourth-order valence-corrected chi connectivity index (χ4v) is 4.93. The number of benzene rings is 1. The third-order valence-electron chi connectivity index (χ3n) is 6.42. The predicted molar refractivity (Wildman–Crippen MR) is 120 cm³/mol. The molecular weight excluding hydrogens is 386 g/mol. The van der Waals surface area contributed by atoms with E-state index >= 15 is 0 Å². The Morgan fingerprint density at radius 3 is 2.48 bits per heavy atom. The van der Waals surface area contributed by atoms with E-state index in [0.29, 0.717) is 16.9 Å². The van der Waals surface area contributed by atoms with Crippen LogP contribution in [0.5, 0.6) is 0 Å². The van der Waals surface area contributed by atoms with Crippen LogP contribution in [0.2, 0.25) is 5.02 Å². The van der Waals surface area contributed by atoms with Crippen LogP contribution >= 0.6 is 11.6 Å². The van der Waals surface area contributed by atoms with Gasteiger partial charge in [0.05, 0.1) is 5.02 Å². The number of nitrogens with zero attached hydrogens (tertiary/aromatic N) is 4. The van der Waals surface area contributed by atoms with Gasteiger partial charge >= 0.3 is 0 Å². The first-order chi connectivity index (χ1) is 13.9. The molecule has 4 rings (SSSR count). The van der Waals surface area contributed by atoms with Crippen LogP contribution < -0.4 is 21.7 Å². The Labute approximate surface area is 178 Å². The molecule has 2 saturated heterocycles. The second kappa shape index (κ2) is 8.14. The van der Waals surface area contributed by atoms with Crippen LogP contribution in [0.4, 0.5) is 5.69 Å². The van der Waals surface area contributed by atoms with Crippen LogP contribution in [0.25, 0.3) is 0 Å². The molecule has 3 heterocycles. The maximum Gasteiger partial charge on any atom is 0.212 e. The highest BCUT2D eigenvalue weighted by molar-refractivity contribution is 6.31. The van der Waals surface area contributed by atoms with E-state index in [4.69, 9.17) is 23.1 Å². The van der Waals surface area contributed by atoms with E-state index in [9.17, 15) is 0 Å². The van der Waals surface area contributed by atoms with Gasteiger partial charge in [0.15, 0.2) is 0 Å². The third kappa shape index (κ3) is 4.23. The lowest BCUT2D eigenvalue weighted by molar-refractivity contribution is 0.0982. The number of hydrogen-bond donors (Lipinski definition) is 3. The standard InChI is InChI=1S/C21H32ClN7/c1-15-13-17(21(24)25-6-3-20(23)26-21)18(22)14-19(15)29-7-4-16(5-8-29)28-11-9-27(2)10-12-28/h3,6,13-14,16,25H,4-5,7-12,24H2,1-2H3,(H2,23,26). The lowest BCUT2D eigenvalue weighted by atomic mass is 9.98. The number of halogens is 1. The van der Waals surface area contributed by atoms with Crippen LogP contribution in [0.15, 0.2) is 29.4 Å². The molecule has 7 nitrogen and oxygen atoms in total. The summed E-state index contributed by atoms with van der Waals surface area (Å²) in [4.78, 5) is 11.9. The summed E-state index contributed by atoms with van der Waals surface area (Å²) in [5.41, 5.74) is 15.4. The molecule has 0 aliphatic carbocycles. The Morgan fingerprint density at radius 2 is 1.83 bits per heavy atom. The fourth-order valence-electron chi connectivity index (χ4n) is 4.63. The number of hydrogen-bond acceptors (Lipinski definition) is 7. The van der Waals surface area contributed by atoms with Crippen molar-refractivity contribution in [2.75, 3.05) is 51.2 Å². The van der Waals surface area contributed by atoms with Crippen LogP contribution in [0.3, 0.4) is 0 Å².